The fourth-order valence-corrected chi connectivity index (χ4v) is 1.71. The number of nitrogens with zero attached hydrogens (tertiary/aromatic N) is 1. The molecule has 0 aliphatic carbocycles. The average Bonchev–Trinajstić information content (AvgIpc) is 2.50. The van der Waals surface area contributed by atoms with Crippen LogP contribution >= 0.6 is 0 Å². The Morgan fingerprint density at radius 3 is 2.55 bits per heavy atom. The summed E-state index contributed by atoms with van der Waals surface area (Å²) < 4.78 is 10.9. The third-order valence-corrected chi connectivity index (χ3v) is 2.95. The van der Waals surface area contributed by atoms with Crippen molar-refractivity contribution in [1.29, 1.82) is 0 Å². The molecule has 0 bridgehead atoms. The van der Waals surface area contributed by atoms with Gasteiger partial charge in [-0.2, -0.15) is 0 Å². The van der Waals surface area contributed by atoms with Crippen LogP contribution in [0.25, 0.3) is 0 Å². The fraction of sp³-hybridized carbons (Fsp3) is 0.467. The van der Waals surface area contributed by atoms with Crippen LogP contribution in [0.15, 0.2) is 24.3 Å². The zero-order valence-corrected chi connectivity index (χ0v) is 13.0. The first kappa shape index (κ1) is 17.6. The van der Waals surface area contributed by atoms with Crippen molar-refractivity contribution < 1.29 is 24.2 Å². The van der Waals surface area contributed by atoms with E-state index in [2.05, 4.69) is 5.32 Å². The van der Waals surface area contributed by atoms with E-state index in [1.165, 1.54) is 4.90 Å². The van der Waals surface area contributed by atoms with Crippen molar-refractivity contribution in [2.45, 2.75) is 19.4 Å². The minimum Gasteiger partial charge on any atom is -0.493 e. The van der Waals surface area contributed by atoms with E-state index in [9.17, 15) is 9.59 Å². The molecule has 1 unspecified atom stereocenters. The van der Waals surface area contributed by atoms with E-state index in [-0.39, 0.29) is 25.1 Å². The van der Waals surface area contributed by atoms with Crippen molar-refractivity contribution in [2.24, 2.45) is 0 Å². The topological polar surface area (TPSA) is 88.1 Å². The number of carboxylic acids is 1. The Hall–Kier alpha value is -2.44. The van der Waals surface area contributed by atoms with Crippen molar-refractivity contribution in [3.63, 3.8) is 0 Å². The number of hydrogen-bond acceptors (Lipinski definition) is 4. The van der Waals surface area contributed by atoms with Gasteiger partial charge in [-0.15, -0.1) is 0 Å². The first-order valence-electron chi connectivity index (χ1n) is 6.94. The number of nitrogens with one attached hydrogen (secondary N) is 1. The van der Waals surface area contributed by atoms with Gasteiger partial charge in [-0.3, -0.25) is 4.79 Å². The Balaban J connectivity index is 2.40. The molecule has 1 aromatic rings. The Morgan fingerprint density at radius 1 is 1.32 bits per heavy atom. The summed E-state index contributed by atoms with van der Waals surface area (Å²) in [6.07, 6.45) is -0.342. The summed E-state index contributed by atoms with van der Waals surface area (Å²) in [7, 11) is 3.11. The van der Waals surface area contributed by atoms with Crippen molar-refractivity contribution >= 4 is 12.0 Å². The molecule has 0 radical (unpaired) electrons. The lowest BCUT2D eigenvalue weighted by Gasteiger charge is -2.20. The van der Waals surface area contributed by atoms with Gasteiger partial charge in [-0.1, -0.05) is 12.1 Å². The first-order chi connectivity index (χ1) is 10.4. The molecule has 122 valence electrons. The summed E-state index contributed by atoms with van der Waals surface area (Å²) in [5, 5.41) is 11.3. The maximum Gasteiger partial charge on any atom is 0.317 e. The van der Waals surface area contributed by atoms with Crippen molar-refractivity contribution in [2.75, 3.05) is 27.2 Å². The summed E-state index contributed by atoms with van der Waals surface area (Å²) in [5.74, 6) is 0.290. The molecule has 22 heavy (non-hydrogen) atoms. The number of benzene rings is 1. The lowest BCUT2D eigenvalue weighted by atomic mass is 10.3. The summed E-state index contributed by atoms with van der Waals surface area (Å²) in [4.78, 5) is 23.6. The first-order valence-corrected chi connectivity index (χ1v) is 6.94. The van der Waals surface area contributed by atoms with E-state index in [1.807, 2.05) is 19.1 Å². The van der Waals surface area contributed by atoms with Crippen LogP contribution in [0, 0.1) is 0 Å². The smallest absolute Gasteiger partial charge is 0.317 e. The second kappa shape index (κ2) is 8.76. The molecule has 1 rings (SSSR count). The molecule has 7 heteroatoms. The number of aliphatic carboxylic acids is 1. The van der Waals surface area contributed by atoms with Gasteiger partial charge in [0.25, 0.3) is 0 Å². The predicted octanol–water partition coefficient (Wildman–Crippen LogP) is 1.58. The zero-order chi connectivity index (χ0) is 16.5. The largest absolute Gasteiger partial charge is 0.493 e. The molecule has 0 saturated carbocycles. The number of urea groups is 1. The van der Waals surface area contributed by atoms with Crippen molar-refractivity contribution in [3.05, 3.63) is 24.3 Å². The number of hydrogen-bond donors (Lipinski definition) is 2. The molecule has 7 nitrogen and oxygen atoms in total. The van der Waals surface area contributed by atoms with Gasteiger partial charge in [-0.05, 0) is 19.1 Å². The quantitative estimate of drug-likeness (QED) is 0.761. The maximum absolute atomic E-state index is 11.8. The highest BCUT2D eigenvalue weighted by Gasteiger charge is 2.13. The molecule has 0 spiro atoms. The molecule has 2 N–H and O–H groups in total. The summed E-state index contributed by atoms with van der Waals surface area (Å²) in [6, 6.07) is 6.92. The molecular formula is C15H22N2O5. The molecule has 1 atom stereocenters. The molecular weight excluding hydrogens is 288 g/mol. The van der Waals surface area contributed by atoms with Gasteiger partial charge in [0.2, 0.25) is 0 Å². The fourth-order valence-electron chi connectivity index (χ4n) is 1.71. The van der Waals surface area contributed by atoms with E-state index in [4.69, 9.17) is 14.6 Å². The van der Waals surface area contributed by atoms with E-state index in [0.717, 1.165) is 0 Å². The average molecular weight is 310 g/mol. The van der Waals surface area contributed by atoms with Crippen LogP contribution in [0.4, 0.5) is 4.79 Å². The van der Waals surface area contributed by atoms with Crippen LogP contribution < -0.4 is 14.8 Å². The summed E-state index contributed by atoms with van der Waals surface area (Å²) in [6.45, 7) is 2.28. The van der Waals surface area contributed by atoms with Crippen LogP contribution in [0.1, 0.15) is 13.3 Å². The van der Waals surface area contributed by atoms with E-state index < -0.39 is 5.97 Å². The lowest BCUT2D eigenvalue weighted by molar-refractivity contribution is -0.137. The number of carboxylic acid groups (broad SMARTS) is 1. The maximum atomic E-state index is 11.8. The predicted molar refractivity (Wildman–Crippen MR) is 81.4 cm³/mol. The van der Waals surface area contributed by atoms with Gasteiger partial charge in [0.15, 0.2) is 11.5 Å². The summed E-state index contributed by atoms with van der Waals surface area (Å²) in [5.41, 5.74) is 0. The molecule has 2 amide bonds. The molecule has 0 heterocycles. The zero-order valence-electron chi connectivity index (χ0n) is 13.0. The lowest BCUT2D eigenvalue weighted by Crippen LogP contribution is -2.42. The highest BCUT2D eigenvalue weighted by Crippen LogP contribution is 2.26. The third-order valence-electron chi connectivity index (χ3n) is 2.95. The highest BCUT2D eigenvalue weighted by molar-refractivity contribution is 5.75. The second-order valence-electron chi connectivity index (χ2n) is 4.83. The van der Waals surface area contributed by atoms with Gasteiger partial charge in [-0.25, -0.2) is 4.79 Å². The SMILES string of the molecule is COc1ccccc1OC(C)CNC(=O)N(C)CCC(=O)O. The monoisotopic (exact) mass is 310 g/mol. The van der Waals surface area contributed by atoms with E-state index >= 15 is 0 Å². The van der Waals surface area contributed by atoms with Gasteiger partial charge in [0, 0.05) is 13.6 Å². The number of carbonyl (C=O) groups excluding carboxylic acids is 1. The van der Waals surface area contributed by atoms with Crippen molar-refractivity contribution in [3.8, 4) is 11.5 Å². The minimum atomic E-state index is -0.937. The van der Waals surface area contributed by atoms with Crippen molar-refractivity contribution in [1.82, 2.24) is 10.2 Å². The van der Waals surface area contributed by atoms with E-state index in [0.29, 0.717) is 18.0 Å². The van der Waals surface area contributed by atoms with E-state index in [1.54, 1.807) is 26.3 Å². The number of amides is 2. The number of rotatable bonds is 8. The standard InChI is InChI=1S/C15H22N2O5/c1-11(22-13-7-5-4-6-12(13)21-3)10-16-15(20)17(2)9-8-14(18)19/h4-7,11H,8-10H2,1-3H3,(H,16,20)(H,18,19). The van der Waals surface area contributed by atoms with Crippen LogP contribution in [0.5, 0.6) is 11.5 Å². The molecule has 0 aliphatic heterocycles. The number of para-hydroxylation sites is 2. The Kier molecular flexibility index (Phi) is 7.01. The molecule has 0 aromatic heterocycles. The summed E-state index contributed by atoms with van der Waals surface area (Å²) >= 11 is 0. The van der Waals surface area contributed by atoms with Gasteiger partial charge >= 0.3 is 12.0 Å². The van der Waals surface area contributed by atoms with Crippen LogP contribution in [0.2, 0.25) is 0 Å². The van der Waals surface area contributed by atoms with Gasteiger partial charge in [0.1, 0.15) is 6.10 Å². The minimum absolute atomic E-state index is 0.0861. The number of carbonyl (C=O) groups is 2. The Labute approximate surface area is 129 Å². The normalized spacial score (nSPS) is 11.4. The third kappa shape index (κ3) is 5.90. The number of ether oxygens (including phenoxy) is 2. The molecule has 0 saturated heterocycles. The molecule has 0 aliphatic rings. The Bertz CT molecular complexity index is 506. The van der Waals surface area contributed by atoms with Gasteiger partial charge in [0.05, 0.1) is 20.1 Å². The second-order valence-corrected chi connectivity index (χ2v) is 4.83. The van der Waals surface area contributed by atoms with Crippen LogP contribution in [-0.2, 0) is 4.79 Å². The number of methoxy groups -OCH3 is 1. The highest BCUT2D eigenvalue weighted by atomic mass is 16.5. The Morgan fingerprint density at radius 2 is 1.95 bits per heavy atom. The van der Waals surface area contributed by atoms with Gasteiger partial charge < -0.3 is 24.8 Å². The van der Waals surface area contributed by atoms with Crippen LogP contribution in [0.3, 0.4) is 0 Å². The molecule has 1 aromatic carbocycles. The molecule has 0 fully saturated rings. The van der Waals surface area contributed by atoms with Crippen LogP contribution in [-0.4, -0.2) is 55.4 Å².